The molecule has 0 fully saturated rings. The highest BCUT2D eigenvalue weighted by atomic mass is 127. The number of benzene rings is 2. The maximum atomic E-state index is 14.7. The smallest absolute Gasteiger partial charge is 0.429 e. The summed E-state index contributed by atoms with van der Waals surface area (Å²) in [7, 11) is -5.99. The molecule has 39 heavy (non-hydrogen) atoms. The molecule has 0 bridgehead atoms. The van der Waals surface area contributed by atoms with Gasteiger partial charge in [0, 0.05) is 5.39 Å². The first-order valence-corrected chi connectivity index (χ1v) is 13.4. The molecule has 3 aromatic rings. The second-order valence-corrected chi connectivity index (χ2v) is 12.8. The highest BCUT2D eigenvalue weighted by Gasteiger charge is 2.44. The standard InChI is InChI=1S/C23H21F5IN3O6S/c1-22(2,3)37-20(33)12-10(8-7-9-11(12)19(29)31-30-9)32(21(34)38-23(4,5)6)39(35,36)18-16(27)14(25)13(24)15(26)17(18)28/h7-8H,1-6H3,(H,30,31). The number of aromatic nitrogens is 2. The third-order valence-corrected chi connectivity index (χ3v) is 7.19. The fraction of sp³-hybridized carbons (Fsp3) is 0.348. The van der Waals surface area contributed by atoms with Gasteiger partial charge in [-0.15, -0.1) is 0 Å². The Bertz CT molecular complexity index is 1580. The molecule has 0 atom stereocenters. The number of ether oxygens (including phenoxy) is 2. The van der Waals surface area contributed by atoms with Crippen molar-refractivity contribution in [2.75, 3.05) is 4.31 Å². The van der Waals surface area contributed by atoms with Gasteiger partial charge in [-0.1, -0.05) is 0 Å². The monoisotopic (exact) mass is 689 g/mol. The number of nitrogens with one attached hydrogen (secondary N) is 1. The molecule has 1 amide bonds. The molecule has 9 nitrogen and oxygen atoms in total. The lowest BCUT2D eigenvalue weighted by Gasteiger charge is -2.29. The molecule has 0 aliphatic carbocycles. The van der Waals surface area contributed by atoms with Gasteiger partial charge in [0.2, 0.25) is 5.82 Å². The largest absolute Gasteiger partial charge is 0.456 e. The molecule has 0 aliphatic heterocycles. The van der Waals surface area contributed by atoms with Crippen LogP contribution in [0.5, 0.6) is 0 Å². The lowest BCUT2D eigenvalue weighted by atomic mass is 10.1. The van der Waals surface area contributed by atoms with Crippen molar-refractivity contribution >= 4 is 61.3 Å². The van der Waals surface area contributed by atoms with Crippen LogP contribution in [-0.2, 0) is 19.5 Å². The van der Waals surface area contributed by atoms with Crippen LogP contribution in [0.2, 0.25) is 0 Å². The molecule has 1 heterocycles. The Kier molecular flexibility index (Phi) is 7.97. The van der Waals surface area contributed by atoms with E-state index in [4.69, 9.17) is 9.47 Å². The van der Waals surface area contributed by atoms with E-state index in [1.165, 1.54) is 41.5 Å². The van der Waals surface area contributed by atoms with Crippen molar-refractivity contribution in [3.05, 3.63) is 50.5 Å². The van der Waals surface area contributed by atoms with Gasteiger partial charge in [-0.3, -0.25) is 5.10 Å². The topological polar surface area (TPSA) is 119 Å². The first kappa shape index (κ1) is 30.5. The zero-order valence-corrected chi connectivity index (χ0v) is 24.1. The molecule has 1 N–H and O–H groups in total. The van der Waals surface area contributed by atoms with E-state index in [9.17, 15) is 40.0 Å². The van der Waals surface area contributed by atoms with Crippen LogP contribution in [-0.4, -0.2) is 41.9 Å². The number of carbonyl (C=O) groups excluding carboxylic acids is 2. The van der Waals surface area contributed by atoms with Crippen LogP contribution in [0.25, 0.3) is 10.9 Å². The Labute approximate surface area is 232 Å². The molecule has 0 spiro atoms. The fourth-order valence-corrected chi connectivity index (χ4v) is 5.42. The summed E-state index contributed by atoms with van der Waals surface area (Å²) >= 11 is 1.71. The highest BCUT2D eigenvalue weighted by molar-refractivity contribution is 14.1. The van der Waals surface area contributed by atoms with Gasteiger partial charge in [0.15, 0.2) is 28.2 Å². The summed E-state index contributed by atoms with van der Waals surface area (Å²) in [5.74, 6) is -14.4. The summed E-state index contributed by atoms with van der Waals surface area (Å²) in [6, 6.07) is 2.04. The van der Waals surface area contributed by atoms with Crippen molar-refractivity contribution in [1.29, 1.82) is 0 Å². The zero-order valence-electron chi connectivity index (χ0n) is 21.2. The number of H-pyrrole nitrogens is 1. The van der Waals surface area contributed by atoms with Crippen LogP contribution in [0.3, 0.4) is 0 Å². The van der Waals surface area contributed by atoms with E-state index in [0.717, 1.165) is 12.1 Å². The number of carbonyl (C=O) groups is 2. The van der Waals surface area contributed by atoms with Crippen molar-refractivity contribution in [3.63, 3.8) is 0 Å². The highest BCUT2D eigenvalue weighted by Crippen LogP contribution is 2.38. The number of hydrogen-bond acceptors (Lipinski definition) is 7. The van der Waals surface area contributed by atoms with E-state index in [1.807, 2.05) is 0 Å². The molecule has 0 saturated heterocycles. The summed E-state index contributed by atoms with van der Waals surface area (Å²) in [5, 5.41) is 6.47. The SMILES string of the molecule is CC(C)(C)OC(=O)c1c(N(C(=O)OC(C)(C)C)S(=O)(=O)c2c(F)c(F)c(F)c(F)c2F)ccc2n[nH]c(I)c12. The first-order valence-electron chi connectivity index (χ1n) is 10.9. The Balaban J connectivity index is 2.48. The normalized spacial score (nSPS) is 12.5. The molecule has 0 radical (unpaired) electrons. The maximum absolute atomic E-state index is 14.7. The van der Waals surface area contributed by atoms with Gasteiger partial charge in [-0.25, -0.2) is 40.0 Å². The second kappa shape index (κ2) is 10.2. The molecule has 1 aromatic heterocycles. The number of hydrogen-bond donors (Lipinski definition) is 1. The quantitative estimate of drug-likeness (QED) is 0.118. The summed E-state index contributed by atoms with van der Waals surface area (Å²) in [4.78, 5) is 24.3. The third-order valence-electron chi connectivity index (χ3n) is 4.70. The molecule has 0 unspecified atom stereocenters. The van der Waals surface area contributed by atoms with Crippen LogP contribution >= 0.6 is 22.6 Å². The Morgan fingerprint density at radius 2 is 1.36 bits per heavy atom. The van der Waals surface area contributed by atoms with Gasteiger partial charge < -0.3 is 9.47 Å². The number of anilines is 1. The molecule has 16 heteroatoms. The Morgan fingerprint density at radius 3 is 1.85 bits per heavy atom. The van der Waals surface area contributed by atoms with Crippen molar-refractivity contribution in [2.45, 2.75) is 57.6 Å². The fourth-order valence-electron chi connectivity index (χ4n) is 3.30. The third kappa shape index (κ3) is 5.80. The summed E-state index contributed by atoms with van der Waals surface area (Å²) in [6.45, 7) is 8.44. The van der Waals surface area contributed by atoms with Crippen molar-refractivity contribution < 1.29 is 49.4 Å². The average molecular weight is 689 g/mol. The van der Waals surface area contributed by atoms with Crippen molar-refractivity contribution in [2.24, 2.45) is 0 Å². The minimum Gasteiger partial charge on any atom is -0.456 e. The van der Waals surface area contributed by atoms with E-state index in [-0.39, 0.29) is 18.9 Å². The molecule has 2 aromatic carbocycles. The van der Waals surface area contributed by atoms with Crippen LogP contribution < -0.4 is 4.31 Å². The van der Waals surface area contributed by atoms with Crippen molar-refractivity contribution in [1.82, 2.24) is 10.2 Å². The zero-order chi connectivity index (χ0) is 29.8. The number of sulfonamides is 1. The van der Waals surface area contributed by atoms with Crippen LogP contribution in [0.1, 0.15) is 51.9 Å². The minimum absolute atomic E-state index is 0.0523. The van der Waals surface area contributed by atoms with E-state index in [2.05, 4.69) is 10.2 Å². The summed E-state index contributed by atoms with van der Waals surface area (Å²) in [6.07, 6.45) is -1.81. The number of rotatable bonds is 4. The summed E-state index contributed by atoms with van der Waals surface area (Å²) in [5.41, 5.74) is -3.93. The molecule has 212 valence electrons. The lowest BCUT2D eigenvalue weighted by Crippen LogP contribution is -2.43. The first-order chi connectivity index (χ1) is 17.7. The van der Waals surface area contributed by atoms with Gasteiger partial charge in [0.25, 0.3) is 10.0 Å². The van der Waals surface area contributed by atoms with E-state index >= 15 is 0 Å². The van der Waals surface area contributed by atoms with Crippen LogP contribution in [0.15, 0.2) is 17.0 Å². The van der Waals surface area contributed by atoms with E-state index in [1.54, 1.807) is 22.6 Å². The minimum atomic E-state index is -5.99. The van der Waals surface area contributed by atoms with E-state index in [0.29, 0.717) is 0 Å². The average Bonchev–Trinajstić information content (AvgIpc) is 3.14. The molecule has 3 rings (SSSR count). The maximum Gasteiger partial charge on any atom is 0.429 e. The molecular formula is C23H21F5IN3O6S. The van der Waals surface area contributed by atoms with Crippen molar-refractivity contribution in [3.8, 4) is 0 Å². The molecule has 0 saturated carbocycles. The predicted octanol–water partition coefficient (Wildman–Crippen LogP) is 5.95. The Hall–Kier alpha value is -3.02. The number of halogens is 6. The van der Waals surface area contributed by atoms with Crippen LogP contribution in [0.4, 0.5) is 32.4 Å². The van der Waals surface area contributed by atoms with Gasteiger partial charge in [-0.2, -0.15) is 9.40 Å². The van der Waals surface area contributed by atoms with Crippen LogP contribution in [0, 0.1) is 32.8 Å². The number of esters is 1. The molecule has 0 aliphatic rings. The number of nitrogens with zero attached hydrogens (tertiary/aromatic N) is 2. The number of aromatic amines is 1. The molecular weight excluding hydrogens is 668 g/mol. The lowest BCUT2D eigenvalue weighted by molar-refractivity contribution is 0.00728. The second-order valence-electron chi connectivity index (χ2n) is 10.0. The van der Waals surface area contributed by atoms with Gasteiger partial charge in [-0.05, 0) is 76.3 Å². The number of fused-ring (bicyclic) bond motifs is 1. The summed E-state index contributed by atoms with van der Waals surface area (Å²) < 4.78 is 109. The Morgan fingerprint density at radius 1 is 0.872 bits per heavy atom. The van der Waals surface area contributed by atoms with Gasteiger partial charge in [0.05, 0.1) is 16.8 Å². The number of amides is 1. The van der Waals surface area contributed by atoms with Gasteiger partial charge >= 0.3 is 12.1 Å². The predicted molar refractivity (Wildman–Crippen MR) is 136 cm³/mol. The van der Waals surface area contributed by atoms with Gasteiger partial charge in [0.1, 0.15) is 14.9 Å². The van der Waals surface area contributed by atoms with E-state index < -0.39 is 78.5 Å².